The van der Waals surface area contributed by atoms with Crippen molar-refractivity contribution in [1.82, 2.24) is 0 Å². The topological polar surface area (TPSA) is 52.6 Å². The lowest BCUT2D eigenvalue weighted by Gasteiger charge is -2.36. The number of hydrogen-bond acceptors (Lipinski definition) is 4. The molecule has 1 heterocycles. The molecule has 4 nitrogen and oxygen atoms in total. The zero-order valence-corrected chi connectivity index (χ0v) is 15.0. The molecule has 0 bridgehead atoms. The summed E-state index contributed by atoms with van der Waals surface area (Å²) in [7, 11) is 0. The van der Waals surface area contributed by atoms with Crippen molar-refractivity contribution in [2.75, 3.05) is 0 Å². The summed E-state index contributed by atoms with van der Waals surface area (Å²) in [4.78, 5) is 24.3. The lowest BCUT2D eigenvalue weighted by atomic mass is 9.79. The first-order valence-electron chi connectivity index (χ1n) is 9.17. The van der Waals surface area contributed by atoms with Gasteiger partial charge in [0.25, 0.3) is 0 Å². The highest BCUT2D eigenvalue weighted by Crippen LogP contribution is 2.53. The predicted molar refractivity (Wildman–Crippen MR) is 91.2 cm³/mol. The lowest BCUT2D eigenvalue weighted by molar-refractivity contribution is -0.167. The number of carbonyl (C=O) groups excluding carboxylic acids is 2. The minimum atomic E-state index is -0.584. The second-order valence-corrected chi connectivity index (χ2v) is 7.71. The number of hydrogen-bond donors (Lipinski definition) is 0. The Morgan fingerprint density at radius 3 is 2.88 bits per heavy atom. The molecule has 1 saturated carbocycles. The van der Waals surface area contributed by atoms with Crippen molar-refractivity contribution in [2.45, 2.75) is 77.4 Å². The van der Waals surface area contributed by atoms with Crippen molar-refractivity contribution in [1.29, 1.82) is 0 Å². The van der Waals surface area contributed by atoms with Gasteiger partial charge in [0, 0.05) is 17.9 Å². The zero-order chi connectivity index (χ0) is 17.5. The van der Waals surface area contributed by atoms with Crippen LogP contribution in [0.4, 0.5) is 0 Å². The molecule has 0 aromatic carbocycles. The summed E-state index contributed by atoms with van der Waals surface area (Å²) in [6.07, 6.45) is 5.61. The Bertz CT molecular complexity index is 603. The van der Waals surface area contributed by atoms with Gasteiger partial charge in [-0.15, -0.1) is 0 Å². The van der Waals surface area contributed by atoms with E-state index in [4.69, 9.17) is 9.47 Å². The van der Waals surface area contributed by atoms with Gasteiger partial charge in [0.05, 0.1) is 5.92 Å². The molecule has 0 aromatic heterocycles. The average Bonchev–Trinajstić information content (AvgIpc) is 2.95. The van der Waals surface area contributed by atoms with Gasteiger partial charge in [-0.2, -0.15) is 0 Å². The molecule has 4 heteroatoms. The van der Waals surface area contributed by atoms with E-state index in [0.29, 0.717) is 12.0 Å². The van der Waals surface area contributed by atoms with Gasteiger partial charge in [0.1, 0.15) is 11.7 Å². The van der Waals surface area contributed by atoms with E-state index in [-0.39, 0.29) is 29.9 Å². The highest BCUT2D eigenvalue weighted by atomic mass is 16.6. The van der Waals surface area contributed by atoms with Crippen LogP contribution in [0.3, 0.4) is 0 Å². The Kier molecular flexibility index (Phi) is 4.58. The fourth-order valence-electron chi connectivity index (χ4n) is 4.64. The maximum Gasteiger partial charge on any atom is 0.334 e. The standard InChI is InChI=1S/C20H28O4/c1-5-6-7-16(21)24-20(4)11-10-14-12(2)8-9-15-13(3)19(22)23-18(15)17(14)20/h15,17-18H,3,5-11H2,1-2,4H3/t15-,17?,18-,20+/m0/s1. The van der Waals surface area contributed by atoms with E-state index in [1.165, 1.54) is 11.1 Å². The quantitative estimate of drug-likeness (QED) is 0.442. The second kappa shape index (κ2) is 6.38. The Balaban J connectivity index is 1.90. The summed E-state index contributed by atoms with van der Waals surface area (Å²) >= 11 is 0. The Labute approximate surface area is 144 Å². The van der Waals surface area contributed by atoms with E-state index < -0.39 is 5.60 Å². The normalized spacial score (nSPS) is 35.4. The van der Waals surface area contributed by atoms with Crippen LogP contribution in [0.15, 0.2) is 23.3 Å². The van der Waals surface area contributed by atoms with Gasteiger partial charge in [-0.1, -0.05) is 31.1 Å². The van der Waals surface area contributed by atoms with Crippen LogP contribution in [0.5, 0.6) is 0 Å². The molecule has 1 unspecified atom stereocenters. The predicted octanol–water partition coefficient (Wildman–Crippen LogP) is 4.10. The largest absolute Gasteiger partial charge is 0.459 e. The number of unbranched alkanes of at least 4 members (excludes halogenated alkanes) is 1. The van der Waals surface area contributed by atoms with E-state index in [1.807, 2.05) is 6.92 Å². The van der Waals surface area contributed by atoms with Crippen molar-refractivity contribution in [3.8, 4) is 0 Å². The number of carbonyl (C=O) groups is 2. The molecule has 0 aromatic rings. The minimum absolute atomic E-state index is 0.0289. The molecule has 0 radical (unpaired) electrons. The molecule has 0 spiro atoms. The van der Waals surface area contributed by atoms with Crippen molar-refractivity contribution in [2.24, 2.45) is 11.8 Å². The molecule has 3 aliphatic rings. The Hall–Kier alpha value is -1.58. The van der Waals surface area contributed by atoms with Crippen LogP contribution in [-0.4, -0.2) is 23.6 Å². The smallest absolute Gasteiger partial charge is 0.334 e. The summed E-state index contributed by atoms with van der Waals surface area (Å²) < 4.78 is 11.7. The Morgan fingerprint density at radius 1 is 1.42 bits per heavy atom. The van der Waals surface area contributed by atoms with Crippen LogP contribution in [0.1, 0.15) is 65.7 Å². The van der Waals surface area contributed by atoms with Crippen LogP contribution in [0, 0.1) is 11.8 Å². The zero-order valence-electron chi connectivity index (χ0n) is 15.0. The summed E-state index contributed by atoms with van der Waals surface area (Å²) in [6.45, 7) is 10.2. The van der Waals surface area contributed by atoms with Crippen molar-refractivity contribution < 1.29 is 19.1 Å². The summed E-state index contributed by atoms with van der Waals surface area (Å²) in [6, 6.07) is 0. The van der Waals surface area contributed by atoms with Gasteiger partial charge in [0.2, 0.25) is 0 Å². The third-order valence-electron chi connectivity index (χ3n) is 6.06. The lowest BCUT2D eigenvalue weighted by Crippen LogP contribution is -2.44. The summed E-state index contributed by atoms with van der Waals surface area (Å²) in [5.41, 5.74) is 2.70. The third kappa shape index (κ3) is 2.80. The highest BCUT2D eigenvalue weighted by Gasteiger charge is 2.56. The molecule has 3 rings (SSSR count). The van der Waals surface area contributed by atoms with Crippen LogP contribution in [-0.2, 0) is 19.1 Å². The van der Waals surface area contributed by atoms with E-state index in [2.05, 4.69) is 20.4 Å². The van der Waals surface area contributed by atoms with Crippen LogP contribution in [0.25, 0.3) is 0 Å². The number of rotatable bonds is 4. The monoisotopic (exact) mass is 332 g/mol. The number of allylic oxidation sites excluding steroid dienone is 1. The molecule has 1 saturated heterocycles. The summed E-state index contributed by atoms with van der Waals surface area (Å²) in [5, 5.41) is 0. The first-order valence-corrected chi connectivity index (χ1v) is 9.17. The summed E-state index contributed by atoms with van der Waals surface area (Å²) in [5.74, 6) is -0.404. The van der Waals surface area contributed by atoms with E-state index in [1.54, 1.807) is 0 Å². The maximum atomic E-state index is 12.3. The van der Waals surface area contributed by atoms with Crippen molar-refractivity contribution in [3.63, 3.8) is 0 Å². The van der Waals surface area contributed by atoms with E-state index in [9.17, 15) is 9.59 Å². The Morgan fingerprint density at radius 2 is 2.17 bits per heavy atom. The number of fused-ring (bicyclic) bond motifs is 3. The molecular formula is C20H28O4. The molecule has 4 atom stereocenters. The third-order valence-corrected chi connectivity index (χ3v) is 6.06. The van der Waals surface area contributed by atoms with Gasteiger partial charge in [-0.3, -0.25) is 4.79 Å². The van der Waals surface area contributed by atoms with E-state index >= 15 is 0 Å². The van der Waals surface area contributed by atoms with Crippen LogP contribution < -0.4 is 0 Å². The van der Waals surface area contributed by atoms with Gasteiger partial charge in [-0.25, -0.2) is 4.79 Å². The average molecular weight is 332 g/mol. The molecule has 0 N–H and O–H groups in total. The fourth-order valence-corrected chi connectivity index (χ4v) is 4.64. The second-order valence-electron chi connectivity index (χ2n) is 7.71. The SMILES string of the molecule is C=C1C(=O)O[C@@H]2C3C(=C(C)CC[C@@H]12)CC[C@@]3(C)OC(=O)CCCC. The van der Waals surface area contributed by atoms with Gasteiger partial charge >= 0.3 is 11.9 Å². The maximum absolute atomic E-state index is 12.3. The first-order chi connectivity index (χ1) is 11.4. The molecule has 1 aliphatic heterocycles. The minimum Gasteiger partial charge on any atom is -0.459 e. The van der Waals surface area contributed by atoms with Gasteiger partial charge in [-0.05, 0) is 46.0 Å². The first kappa shape index (κ1) is 17.2. The van der Waals surface area contributed by atoms with Crippen LogP contribution >= 0.6 is 0 Å². The molecule has 2 aliphatic carbocycles. The molecule has 132 valence electrons. The molecule has 24 heavy (non-hydrogen) atoms. The van der Waals surface area contributed by atoms with Crippen molar-refractivity contribution in [3.05, 3.63) is 23.3 Å². The fraction of sp³-hybridized carbons (Fsp3) is 0.700. The highest BCUT2D eigenvalue weighted by molar-refractivity contribution is 5.91. The molecule has 0 amide bonds. The number of esters is 2. The van der Waals surface area contributed by atoms with Crippen molar-refractivity contribution >= 4 is 11.9 Å². The molecule has 2 fully saturated rings. The number of ether oxygens (including phenoxy) is 2. The van der Waals surface area contributed by atoms with Crippen LogP contribution in [0.2, 0.25) is 0 Å². The van der Waals surface area contributed by atoms with Gasteiger partial charge in [0.15, 0.2) is 0 Å². The van der Waals surface area contributed by atoms with E-state index in [0.717, 1.165) is 38.5 Å². The molecular weight excluding hydrogens is 304 g/mol. The van der Waals surface area contributed by atoms with Gasteiger partial charge < -0.3 is 9.47 Å².